The minimum absolute atomic E-state index is 0.0200. The third-order valence-corrected chi connectivity index (χ3v) is 4.67. The van der Waals surface area contributed by atoms with Crippen LogP contribution in [0.1, 0.15) is 44.0 Å². The molecule has 0 saturated carbocycles. The van der Waals surface area contributed by atoms with Crippen molar-refractivity contribution in [2.24, 2.45) is 0 Å². The summed E-state index contributed by atoms with van der Waals surface area (Å²) in [5.41, 5.74) is 0.847. The Morgan fingerprint density at radius 3 is 2.56 bits per heavy atom. The van der Waals surface area contributed by atoms with Gasteiger partial charge in [0.15, 0.2) is 0 Å². The van der Waals surface area contributed by atoms with Crippen molar-refractivity contribution in [2.75, 3.05) is 0 Å². The number of non-ortho nitro benzene ring substituents is 1. The third-order valence-electron chi connectivity index (χ3n) is 4.67. The van der Waals surface area contributed by atoms with Gasteiger partial charge < -0.3 is 15.2 Å². The SMILES string of the molecule is C[C@@H](N[C@@H]1c2cc([N+](=O)[O-])ccc2OC(C)(C)[C@H]1O)c1ccccc1. The summed E-state index contributed by atoms with van der Waals surface area (Å²) in [4.78, 5) is 10.7. The smallest absolute Gasteiger partial charge is 0.270 e. The Labute approximate surface area is 146 Å². The molecule has 0 bridgehead atoms. The van der Waals surface area contributed by atoms with Crippen LogP contribution in [0.2, 0.25) is 0 Å². The van der Waals surface area contributed by atoms with E-state index in [1.54, 1.807) is 6.07 Å². The number of fused-ring (bicyclic) bond motifs is 1. The number of nitro benzene ring substituents is 1. The van der Waals surface area contributed by atoms with Crippen LogP contribution < -0.4 is 10.1 Å². The summed E-state index contributed by atoms with van der Waals surface area (Å²) in [5, 5.41) is 25.3. The van der Waals surface area contributed by atoms with Crippen molar-refractivity contribution in [3.63, 3.8) is 0 Å². The number of nitro groups is 1. The van der Waals surface area contributed by atoms with Gasteiger partial charge in [-0.1, -0.05) is 30.3 Å². The van der Waals surface area contributed by atoms with Crippen LogP contribution in [0.4, 0.5) is 5.69 Å². The standard InChI is InChI=1S/C19H22N2O4/c1-12(13-7-5-4-6-8-13)20-17-15-11-14(21(23)24)9-10-16(15)25-19(2,3)18(17)22/h4-12,17-18,20,22H,1-3H3/t12-,17-,18+/m1/s1. The summed E-state index contributed by atoms with van der Waals surface area (Å²) < 4.78 is 5.87. The summed E-state index contributed by atoms with van der Waals surface area (Å²) >= 11 is 0. The van der Waals surface area contributed by atoms with Gasteiger partial charge in [0, 0.05) is 23.7 Å². The lowest BCUT2D eigenvalue weighted by atomic mass is 9.85. The molecule has 1 aliphatic rings. The molecule has 0 spiro atoms. The summed E-state index contributed by atoms with van der Waals surface area (Å²) in [7, 11) is 0. The highest BCUT2D eigenvalue weighted by atomic mass is 16.6. The van der Waals surface area contributed by atoms with Crippen molar-refractivity contribution in [2.45, 2.75) is 44.6 Å². The zero-order chi connectivity index (χ0) is 18.2. The molecule has 6 heteroatoms. The lowest BCUT2D eigenvalue weighted by Crippen LogP contribution is -2.52. The highest BCUT2D eigenvalue weighted by Crippen LogP contribution is 2.42. The molecule has 2 aromatic rings. The van der Waals surface area contributed by atoms with Gasteiger partial charge in [0.05, 0.1) is 11.0 Å². The molecule has 3 rings (SSSR count). The topological polar surface area (TPSA) is 84.6 Å². The summed E-state index contributed by atoms with van der Waals surface area (Å²) in [6.07, 6.45) is -0.854. The molecule has 0 amide bonds. The van der Waals surface area contributed by atoms with Crippen molar-refractivity contribution in [3.05, 3.63) is 69.8 Å². The first kappa shape index (κ1) is 17.4. The largest absolute Gasteiger partial charge is 0.485 e. The van der Waals surface area contributed by atoms with Crippen LogP contribution in [0.15, 0.2) is 48.5 Å². The molecule has 0 aliphatic carbocycles. The molecule has 2 N–H and O–H groups in total. The Morgan fingerprint density at radius 1 is 1.24 bits per heavy atom. The predicted molar refractivity (Wildman–Crippen MR) is 94.5 cm³/mol. The van der Waals surface area contributed by atoms with E-state index in [2.05, 4.69) is 5.32 Å². The fraction of sp³-hybridized carbons (Fsp3) is 0.368. The van der Waals surface area contributed by atoms with E-state index in [0.717, 1.165) is 5.56 Å². The lowest BCUT2D eigenvalue weighted by molar-refractivity contribution is -0.385. The second-order valence-corrected chi connectivity index (χ2v) is 6.91. The van der Waals surface area contributed by atoms with E-state index < -0.39 is 22.7 Å². The molecule has 132 valence electrons. The van der Waals surface area contributed by atoms with Gasteiger partial charge in [-0.05, 0) is 32.4 Å². The first-order valence-electron chi connectivity index (χ1n) is 8.26. The minimum Gasteiger partial charge on any atom is -0.485 e. The third kappa shape index (κ3) is 3.36. The number of benzene rings is 2. The van der Waals surface area contributed by atoms with E-state index in [1.807, 2.05) is 51.1 Å². The van der Waals surface area contributed by atoms with Crippen LogP contribution in [-0.4, -0.2) is 21.7 Å². The van der Waals surface area contributed by atoms with Gasteiger partial charge in [-0.25, -0.2) is 0 Å². The first-order chi connectivity index (χ1) is 11.8. The molecule has 3 atom stereocenters. The molecule has 0 radical (unpaired) electrons. The zero-order valence-corrected chi connectivity index (χ0v) is 14.5. The maximum Gasteiger partial charge on any atom is 0.270 e. The van der Waals surface area contributed by atoms with Gasteiger partial charge in [0.1, 0.15) is 17.5 Å². The van der Waals surface area contributed by atoms with E-state index in [9.17, 15) is 15.2 Å². The van der Waals surface area contributed by atoms with E-state index >= 15 is 0 Å². The second-order valence-electron chi connectivity index (χ2n) is 6.91. The molecular weight excluding hydrogens is 320 g/mol. The van der Waals surface area contributed by atoms with Crippen molar-refractivity contribution in [3.8, 4) is 5.75 Å². The maximum atomic E-state index is 11.1. The van der Waals surface area contributed by atoms with E-state index in [4.69, 9.17) is 4.74 Å². The van der Waals surface area contributed by atoms with Gasteiger partial charge in [-0.15, -0.1) is 0 Å². The highest BCUT2D eigenvalue weighted by Gasteiger charge is 2.43. The molecule has 2 aromatic carbocycles. The van der Waals surface area contributed by atoms with Crippen LogP contribution in [0.5, 0.6) is 5.75 Å². The molecule has 6 nitrogen and oxygen atoms in total. The number of nitrogens with one attached hydrogen (secondary N) is 1. The van der Waals surface area contributed by atoms with Gasteiger partial charge in [0.25, 0.3) is 5.69 Å². The van der Waals surface area contributed by atoms with Gasteiger partial charge in [-0.3, -0.25) is 10.1 Å². The maximum absolute atomic E-state index is 11.1. The summed E-state index contributed by atoms with van der Waals surface area (Å²) in [6.45, 7) is 5.62. The second kappa shape index (κ2) is 6.46. The Hall–Kier alpha value is -2.44. The summed E-state index contributed by atoms with van der Waals surface area (Å²) in [5.74, 6) is 0.554. The van der Waals surface area contributed by atoms with Gasteiger partial charge >= 0.3 is 0 Å². The van der Waals surface area contributed by atoms with Crippen molar-refractivity contribution in [1.82, 2.24) is 5.32 Å². The Kier molecular flexibility index (Phi) is 4.49. The summed E-state index contributed by atoms with van der Waals surface area (Å²) in [6, 6.07) is 13.8. The van der Waals surface area contributed by atoms with Gasteiger partial charge in [0.2, 0.25) is 0 Å². The molecule has 0 fully saturated rings. The monoisotopic (exact) mass is 342 g/mol. The average Bonchev–Trinajstić information content (AvgIpc) is 2.59. The molecule has 1 heterocycles. The zero-order valence-electron chi connectivity index (χ0n) is 14.5. The van der Waals surface area contributed by atoms with Crippen LogP contribution in [0.25, 0.3) is 0 Å². The van der Waals surface area contributed by atoms with Crippen LogP contribution in [-0.2, 0) is 0 Å². The number of aliphatic hydroxyl groups excluding tert-OH is 1. The van der Waals surface area contributed by atoms with Crippen molar-refractivity contribution < 1.29 is 14.8 Å². The fourth-order valence-electron chi connectivity index (χ4n) is 3.19. The van der Waals surface area contributed by atoms with E-state index in [0.29, 0.717) is 11.3 Å². The Bertz CT molecular complexity index is 776. The van der Waals surface area contributed by atoms with Crippen LogP contribution >= 0.6 is 0 Å². The first-order valence-corrected chi connectivity index (χ1v) is 8.26. The predicted octanol–water partition coefficient (Wildman–Crippen LogP) is 3.52. The fourth-order valence-corrected chi connectivity index (χ4v) is 3.19. The molecule has 25 heavy (non-hydrogen) atoms. The number of hydrogen-bond acceptors (Lipinski definition) is 5. The number of nitrogens with zero attached hydrogens (tertiary/aromatic N) is 1. The number of rotatable bonds is 4. The normalized spacial score (nSPS) is 22.6. The Morgan fingerprint density at radius 2 is 1.92 bits per heavy atom. The molecule has 1 aliphatic heterocycles. The van der Waals surface area contributed by atoms with Gasteiger partial charge in [-0.2, -0.15) is 0 Å². The number of ether oxygens (including phenoxy) is 1. The number of aliphatic hydroxyl groups is 1. The van der Waals surface area contributed by atoms with Crippen molar-refractivity contribution in [1.29, 1.82) is 0 Å². The van der Waals surface area contributed by atoms with E-state index in [-0.39, 0.29) is 11.7 Å². The van der Waals surface area contributed by atoms with E-state index in [1.165, 1.54) is 12.1 Å². The van der Waals surface area contributed by atoms with Crippen molar-refractivity contribution >= 4 is 5.69 Å². The highest BCUT2D eigenvalue weighted by molar-refractivity contribution is 5.48. The molecule has 0 aromatic heterocycles. The lowest BCUT2D eigenvalue weighted by Gasteiger charge is -2.43. The molecule has 0 saturated heterocycles. The average molecular weight is 342 g/mol. The number of hydrogen-bond donors (Lipinski definition) is 2. The quantitative estimate of drug-likeness (QED) is 0.656. The molecule has 0 unspecified atom stereocenters. The minimum atomic E-state index is -0.854. The Balaban J connectivity index is 1.99. The molecular formula is C19H22N2O4. The van der Waals surface area contributed by atoms with Crippen LogP contribution in [0.3, 0.4) is 0 Å². The van der Waals surface area contributed by atoms with Crippen LogP contribution in [0, 0.1) is 10.1 Å².